The van der Waals surface area contributed by atoms with Crippen LogP contribution < -0.4 is 0 Å². The van der Waals surface area contributed by atoms with Gasteiger partial charge >= 0.3 is 0 Å². The van der Waals surface area contributed by atoms with Crippen LogP contribution in [0.4, 0.5) is 0 Å². The summed E-state index contributed by atoms with van der Waals surface area (Å²) in [7, 11) is 3.72. The van der Waals surface area contributed by atoms with Crippen molar-refractivity contribution in [2.75, 3.05) is 20.7 Å². The molecule has 0 fully saturated rings. The maximum absolute atomic E-state index is 9.22. The second kappa shape index (κ2) is 6.31. The van der Waals surface area contributed by atoms with E-state index in [1.54, 1.807) is 0 Å². The Kier molecular flexibility index (Phi) is 6.22. The Bertz CT molecular complexity index is 151. The molecule has 0 unspecified atom stereocenters. The molecule has 0 atom stereocenters. The number of nitrogens with zero attached hydrogens (tertiary/aromatic N) is 2. The van der Waals surface area contributed by atoms with Gasteiger partial charge in [-0.1, -0.05) is 13.3 Å². The van der Waals surface area contributed by atoms with Gasteiger partial charge in [-0.25, -0.2) is 4.84 Å². The lowest BCUT2D eigenvalue weighted by atomic mass is 10.3. The standard InChI is InChI=1S/C9H22N2O3/c1-6-7-8-13-11(12)14-9(2,3)10(4)5/h12H,6-8H2,1-5H3. The van der Waals surface area contributed by atoms with Gasteiger partial charge in [-0.05, 0) is 34.4 Å². The average Bonchev–Trinajstić information content (AvgIpc) is 2.03. The van der Waals surface area contributed by atoms with Crippen molar-refractivity contribution >= 4 is 0 Å². The van der Waals surface area contributed by atoms with Crippen molar-refractivity contribution in [2.45, 2.75) is 39.3 Å². The van der Waals surface area contributed by atoms with E-state index in [1.165, 1.54) is 0 Å². The summed E-state index contributed by atoms with van der Waals surface area (Å²) in [5.41, 5.74) is -0.596. The first kappa shape index (κ1) is 13.8. The van der Waals surface area contributed by atoms with E-state index >= 15 is 0 Å². The van der Waals surface area contributed by atoms with Crippen LogP contribution in [0.15, 0.2) is 0 Å². The van der Waals surface area contributed by atoms with Crippen molar-refractivity contribution in [3.05, 3.63) is 0 Å². The molecule has 5 heteroatoms. The Morgan fingerprint density at radius 1 is 1.29 bits per heavy atom. The normalized spacial score (nSPS) is 12.9. The zero-order chi connectivity index (χ0) is 11.2. The zero-order valence-electron chi connectivity index (χ0n) is 9.78. The summed E-state index contributed by atoms with van der Waals surface area (Å²) >= 11 is 0. The molecule has 0 radical (unpaired) electrons. The molecule has 14 heavy (non-hydrogen) atoms. The van der Waals surface area contributed by atoms with E-state index < -0.39 is 5.72 Å². The highest BCUT2D eigenvalue weighted by atomic mass is 17.1. The molecular formula is C9H22N2O3. The minimum Gasteiger partial charge on any atom is -0.281 e. The fourth-order valence-electron chi connectivity index (χ4n) is 0.586. The highest BCUT2D eigenvalue weighted by Gasteiger charge is 2.25. The molecule has 0 aliphatic heterocycles. The smallest absolute Gasteiger partial charge is 0.141 e. The minimum absolute atomic E-state index is 0.440. The summed E-state index contributed by atoms with van der Waals surface area (Å²) in [5, 5.41) is 9.66. The maximum atomic E-state index is 9.22. The summed E-state index contributed by atoms with van der Waals surface area (Å²) in [5.74, 6) is 0. The van der Waals surface area contributed by atoms with Crippen LogP contribution in [0.2, 0.25) is 0 Å². The number of hydrogen-bond acceptors (Lipinski definition) is 5. The van der Waals surface area contributed by atoms with Crippen LogP contribution in [0.1, 0.15) is 33.6 Å². The van der Waals surface area contributed by atoms with Crippen molar-refractivity contribution in [2.24, 2.45) is 0 Å². The molecule has 0 saturated carbocycles. The molecule has 0 amide bonds. The molecule has 0 saturated heterocycles. The molecule has 1 N–H and O–H groups in total. The molecule has 0 aliphatic rings. The first-order chi connectivity index (χ1) is 6.40. The lowest BCUT2D eigenvalue weighted by molar-refractivity contribution is -0.543. The van der Waals surface area contributed by atoms with Gasteiger partial charge in [0.25, 0.3) is 0 Å². The van der Waals surface area contributed by atoms with Crippen LogP contribution in [0.25, 0.3) is 0 Å². The quantitative estimate of drug-likeness (QED) is 0.390. The highest BCUT2D eigenvalue weighted by Crippen LogP contribution is 2.13. The van der Waals surface area contributed by atoms with Crippen LogP contribution in [0.5, 0.6) is 0 Å². The maximum Gasteiger partial charge on any atom is 0.141 e. The fraction of sp³-hybridized carbons (Fsp3) is 1.00. The van der Waals surface area contributed by atoms with E-state index in [0.29, 0.717) is 12.0 Å². The predicted octanol–water partition coefficient (Wildman–Crippen LogP) is 1.64. The summed E-state index contributed by atoms with van der Waals surface area (Å²) in [6, 6.07) is 0. The molecule has 86 valence electrons. The molecule has 0 aromatic rings. The van der Waals surface area contributed by atoms with Crippen molar-refractivity contribution < 1.29 is 14.9 Å². The lowest BCUT2D eigenvalue weighted by Gasteiger charge is -2.33. The topological polar surface area (TPSA) is 45.2 Å². The summed E-state index contributed by atoms with van der Waals surface area (Å²) in [6.07, 6.45) is 1.91. The molecule has 0 rings (SSSR count). The second-order valence-corrected chi connectivity index (χ2v) is 3.86. The van der Waals surface area contributed by atoms with Gasteiger partial charge in [0, 0.05) is 0 Å². The van der Waals surface area contributed by atoms with E-state index in [0.717, 1.165) is 12.8 Å². The molecule has 0 bridgehead atoms. The van der Waals surface area contributed by atoms with Crippen molar-refractivity contribution in [1.29, 1.82) is 0 Å². The zero-order valence-corrected chi connectivity index (χ0v) is 9.78. The monoisotopic (exact) mass is 206 g/mol. The molecule has 0 aromatic carbocycles. The molecular weight excluding hydrogens is 184 g/mol. The third-order valence-corrected chi connectivity index (χ3v) is 2.08. The third kappa shape index (κ3) is 5.51. The van der Waals surface area contributed by atoms with Crippen molar-refractivity contribution in [3.8, 4) is 0 Å². The van der Waals surface area contributed by atoms with Gasteiger partial charge in [-0.2, -0.15) is 0 Å². The Balaban J connectivity index is 3.75. The highest BCUT2D eigenvalue weighted by molar-refractivity contribution is 4.61. The average molecular weight is 206 g/mol. The minimum atomic E-state index is -0.596. The largest absolute Gasteiger partial charge is 0.281 e. The molecule has 0 aliphatic carbocycles. The van der Waals surface area contributed by atoms with Gasteiger partial charge in [0.15, 0.2) is 0 Å². The van der Waals surface area contributed by atoms with Crippen LogP contribution in [-0.2, 0) is 9.68 Å². The number of hydrogen-bond donors (Lipinski definition) is 1. The van der Waals surface area contributed by atoms with Crippen molar-refractivity contribution in [3.63, 3.8) is 0 Å². The molecule has 0 aromatic heterocycles. The third-order valence-electron chi connectivity index (χ3n) is 2.08. The Morgan fingerprint density at radius 2 is 1.86 bits per heavy atom. The SMILES string of the molecule is CCCCON(O)OC(C)(C)N(C)C. The first-order valence-corrected chi connectivity index (χ1v) is 4.88. The molecule has 0 heterocycles. The van der Waals surface area contributed by atoms with Gasteiger partial charge in [-0.15, -0.1) is 0 Å². The Labute approximate surface area is 86.1 Å². The van der Waals surface area contributed by atoms with Crippen LogP contribution in [-0.4, -0.2) is 41.9 Å². The van der Waals surface area contributed by atoms with Gasteiger partial charge in [-0.3, -0.25) is 14.9 Å². The van der Waals surface area contributed by atoms with Gasteiger partial charge in [0.2, 0.25) is 0 Å². The fourth-order valence-corrected chi connectivity index (χ4v) is 0.586. The summed E-state index contributed by atoms with van der Waals surface area (Å²) < 4.78 is 0. The summed E-state index contributed by atoms with van der Waals surface area (Å²) in [6.45, 7) is 6.17. The van der Waals surface area contributed by atoms with Crippen LogP contribution in [0, 0.1) is 0 Å². The predicted molar refractivity (Wildman–Crippen MR) is 53.3 cm³/mol. The number of rotatable bonds is 7. The van der Waals surface area contributed by atoms with E-state index in [9.17, 15) is 5.21 Å². The van der Waals surface area contributed by atoms with Gasteiger partial charge < -0.3 is 0 Å². The van der Waals surface area contributed by atoms with E-state index in [-0.39, 0.29) is 0 Å². The van der Waals surface area contributed by atoms with Gasteiger partial charge in [0.1, 0.15) is 5.72 Å². The van der Waals surface area contributed by atoms with Gasteiger partial charge in [0.05, 0.1) is 12.0 Å². The van der Waals surface area contributed by atoms with Crippen LogP contribution >= 0.6 is 0 Å². The molecule has 5 nitrogen and oxygen atoms in total. The molecule has 0 spiro atoms. The van der Waals surface area contributed by atoms with Crippen LogP contribution in [0.3, 0.4) is 0 Å². The van der Waals surface area contributed by atoms with E-state index in [4.69, 9.17) is 9.68 Å². The Morgan fingerprint density at radius 3 is 2.29 bits per heavy atom. The number of unbranched alkanes of at least 4 members (excludes halogenated alkanes) is 1. The van der Waals surface area contributed by atoms with E-state index in [2.05, 4.69) is 6.92 Å². The first-order valence-electron chi connectivity index (χ1n) is 4.88. The lowest BCUT2D eigenvalue weighted by Crippen LogP contribution is -2.45. The van der Waals surface area contributed by atoms with E-state index in [1.807, 2.05) is 32.8 Å². The van der Waals surface area contributed by atoms with Crippen molar-refractivity contribution in [1.82, 2.24) is 10.3 Å². The summed E-state index contributed by atoms with van der Waals surface area (Å²) in [4.78, 5) is 11.9. The second-order valence-electron chi connectivity index (χ2n) is 3.86. The Hall–Kier alpha value is -0.200.